The highest BCUT2D eigenvalue weighted by atomic mass is 35.5. The van der Waals surface area contributed by atoms with E-state index in [-0.39, 0.29) is 5.60 Å². The van der Waals surface area contributed by atoms with E-state index in [1.807, 2.05) is 45.0 Å². The summed E-state index contributed by atoms with van der Waals surface area (Å²) in [5.74, 6) is 0. The molecule has 0 unspecified atom stereocenters. The van der Waals surface area contributed by atoms with Crippen molar-refractivity contribution in [1.82, 2.24) is 0 Å². The molecule has 13 heavy (non-hydrogen) atoms. The molecule has 0 aromatic heterocycles. The largest absolute Gasteiger partial charge is 0.371 e. The van der Waals surface area contributed by atoms with Crippen molar-refractivity contribution in [3.8, 4) is 0 Å². The van der Waals surface area contributed by atoms with Gasteiger partial charge in [-0.05, 0) is 38.5 Å². The van der Waals surface area contributed by atoms with Crippen LogP contribution in [0.15, 0.2) is 24.3 Å². The number of benzene rings is 1. The maximum Gasteiger partial charge on any atom is 0.0724 e. The fourth-order valence-electron chi connectivity index (χ4n) is 0.927. The third-order valence-corrected chi connectivity index (χ3v) is 1.80. The lowest BCUT2D eigenvalue weighted by molar-refractivity contribution is -0.0149. The number of hydrogen-bond donors (Lipinski definition) is 0. The van der Waals surface area contributed by atoms with Crippen LogP contribution < -0.4 is 0 Å². The molecule has 0 aliphatic heterocycles. The molecule has 0 fully saturated rings. The van der Waals surface area contributed by atoms with E-state index in [4.69, 9.17) is 16.3 Å². The highest BCUT2D eigenvalue weighted by molar-refractivity contribution is 6.30. The molecule has 1 aromatic carbocycles. The van der Waals surface area contributed by atoms with Gasteiger partial charge in [0.2, 0.25) is 0 Å². The van der Waals surface area contributed by atoms with Crippen molar-refractivity contribution >= 4 is 11.6 Å². The summed E-state index contributed by atoms with van der Waals surface area (Å²) in [5, 5.41) is 0.759. The molecule has 0 spiro atoms. The molecule has 0 saturated heterocycles. The first-order valence-electron chi connectivity index (χ1n) is 4.36. The molecule has 2 heteroatoms. The normalized spacial score (nSPS) is 11.7. The molecule has 1 rings (SSSR count). The van der Waals surface area contributed by atoms with Gasteiger partial charge in [0.15, 0.2) is 0 Å². The number of ether oxygens (including phenoxy) is 1. The van der Waals surface area contributed by atoms with Crippen LogP contribution in [0.25, 0.3) is 0 Å². The summed E-state index contributed by atoms with van der Waals surface area (Å²) in [7, 11) is 0. The topological polar surface area (TPSA) is 9.23 Å². The summed E-state index contributed by atoms with van der Waals surface area (Å²) >= 11 is 5.84. The van der Waals surface area contributed by atoms with E-state index < -0.39 is 0 Å². The van der Waals surface area contributed by atoms with Crippen LogP contribution in [-0.2, 0) is 11.3 Å². The average Bonchev–Trinajstić information content (AvgIpc) is 2.00. The maximum atomic E-state index is 5.84. The zero-order chi connectivity index (χ0) is 9.90. The molecule has 0 heterocycles. The predicted molar refractivity (Wildman–Crippen MR) is 56.0 cm³/mol. The zero-order valence-electron chi connectivity index (χ0n) is 8.30. The van der Waals surface area contributed by atoms with Gasteiger partial charge in [0.1, 0.15) is 0 Å². The van der Waals surface area contributed by atoms with Crippen molar-refractivity contribution in [2.24, 2.45) is 0 Å². The molecule has 0 aliphatic rings. The van der Waals surface area contributed by atoms with E-state index in [1.165, 1.54) is 0 Å². The first-order valence-corrected chi connectivity index (χ1v) is 4.73. The van der Waals surface area contributed by atoms with Gasteiger partial charge in [0, 0.05) is 5.02 Å². The van der Waals surface area contributed by atoms with E-state index in [9.17, 15) is 0 Å². The van der Waals surface area contributed by atoms with E-state index >= 15 is 0 Å². The molecule has 0 saturated carbocycles. The van der Waals surface area contributed by atoms with Crippen LogP contribution in [0.3, 0.4) is 0 Å². The summed E-state index contributed by atoms with van der Waals surface area (Å²) in [6.45, 7) is 6.73. The quantitative estimate of drug-likeness (QED) is 0.705. The van der Waals surface area contributed by atoms with E-state index in [2.05, 4.69) is 0 Å². The van der Waals surface area contributed by atoms with Gasteiger partial charge in [-0.2, -0.15) is 0 Å². The average molecular weight is 199 g/mol. The van der Waals surface area contributed by atoms with Crippen LogP contribution in [0.2, 0.25) is 5.02 Å². The van der Waals surface area contributed by atoms with Crippen molar-refractivity contribution in [3.63, 3.8) is 0 Å². The van der Waals surface area contributed by atoms with Crippen LogP contribution in [-0.4, -0.2) is 5.60 Å². The third-order valence-electron chi connectivity index (χ3n) is 1.56. The number of rotatable bonds is 2. The fourth-order valence-corrected chi connectivity index (χ4v) is 1.14. The predicted octanol–water partition coefficient (Wildman–Crippen LogP) is 3.66. The van der Waals surface area contributed by atoms with Crippen molar-refractivity contribution in [3.05, 3.63) is 34.9 Å². The highest BCUT2D eigenvalue weighted by Crippen LogP contribution is 2.15. The lowest BCUT2D eigenvalue weighted by Crippen LogP contribution is -2.18. The van der Waals surface area contributed by atoms with Gasteiger partial charge in [0.25, 0.3) is 0 Å². The Morgan fingerprint density at radius 3 is 2.54 bits per heavy atom. The molecule has 72 valence electrons. The van der Waals surface area contributed by atoms with Gasteiger partial charge >= 0.3 is 0 Å². The Balaban J connectivity index is 2.55. The van der Waals surface area contributed by atoms with Gasteiger partial charge in [-0.25, -0.2) is 0 Å². The third kappa shape index (κ3) is 4.30. The summed E-state index contributed by atoms with van der Waals surface area (Å²) < 4.78 is 5.61. The second kappa shape index (κ2) is 4.12. The standard InChI is InChI=1S/C11H15ClO/c1-11(2,3)13-8-9-5-4-6-10(12)7-9/h4-7H,8H2,1-3H3. The Kier molecular flexibility index (Phi) is 3.34. The van der Waals surface area contributed by atoms with Crippen molar-refractivity contribution in [2.45, 2.75) is 33.0 Å². The number of hydrogen-bond acceptors (Lipinski definition) is 1. The van der Waals surface area contributed by atoms with Crippen LogP contribution in [0.1, 0.15) is 26.3 Å². The second-order valence-corrected chi connectivity index (χ2v) is 4.47. The lowest BCUT2D eigenvalue weighted by Gasteiger charge is -2.19. The molecule has 0 atom stereocenters. The second-order valence-electron chi connectivity index (χ2n) is 4.03. The monoisotopic (exact) mass is 198 g/mol. The smallest absolute Gasteiger partial charge is 0.0724 e. The Morgan fingerprint density at radius 2 is 2.00 bits per heavy atom. The minimum absolute atomic E-state index is 0.0949. The Labute approximate surface area is 84.7 Å². The van der Waals surface area contributed by atoms with Crippen LogP contribution >= 0.6 is 11.6 Å². The SMILES string of the molecule is CC(C)(C)OCc1cccc(Cl)c1. The fraction of sp³-hybridized carbons (Fsp3) is 0.455. The summed E-state index contributed by atoms with van der Waals surface area (Å²) in [4.78, 5) is 0. The van der Waals surface area contributed by atoms with E-state index in [0.29, 0.717) is 6.61 Å². The molecular formula is C11H15ClO. The Bertz CT molecular complexity index is 276. The molecule has 0 radical (unpaired) electrons. The molecule has 1 nitrogen and oxygen atoms in total. The maximum absolute atomic E-state index is 5.84. The van der Waals surface area contributed by atoms with Gasteiger partial charge in [-0.15, -0.1) is 0 Å². The molecule has 0 bridgehead atoms. The zero-order valence-corrected chi connectivity index (χ0v) is 9.06. The van der Waals surface area contributed by atoms with Crippen LogP contribution in [0, 0.1) is 0 Å². The summed E-state index contributed by atoms with van der Waals surface area (Å²) in [6.07, 6.45) is 0. The first kappa shape index (κ1) is 10.6. The lowest BCUT2D eigenvalue weighted by atomic mass is 10.2. The van der Waals surface area contributed by atoms with Crippen molar-refractivity contribution in [2.75, 3.05) is 0 Å². The molecule has 0 N–H and O–H groups in total. The minimum atomic E-state index is -0.0949. The molecule has 0 aliphatic carbocycles. The molecular weight excluding hydrogens is 184 g/mol. The van der Waals surface area contributed by atoms with Gasteiger partial charge in [-0.1, -0.05) is 23.7 Å². The minimum Gasteiger partial charge on any atom is -0.371 e. The van der Waals surface area contributed by atoms with E-state index in [0.717, 1.165) is 10.6 Å². The summed E-state index contributed by atoms with van der Waals surface area (Å²) in [6, 6.07) is 7.73. The van der Waals surface area contributed by atoms with Crippen LogP contribution in [0.5, 0.6) is 0 Å². The Hall–Kier alpha value is -0.530. The molecule has 1 aromatic rings. The summed E-state index contributed by atoms with van der Waals surface area (Å²) in [5.41, 5.74) is 1.02. The van der Waals surface area contributed by atoms with Gasteiger partial charge in [0.05, 0.1) is 12.2 Å². The number of halogens is 1. The van der Waals surface area contributed by atoms with Gasteiger partial charge in [-0.3, -0.25) is 0 Å². The van der Waals surface area contributed by atoms with Crippen LogP contribution in [0.4, 0.5) is 0 Å². The van der Waals surface area contributed by atoms with Crippen molar-refractivity contribution in [1.29, 1.82) is 0 Å². The highest BCUT2D eigenvalue weighted by Gasteiger charge is 2.09. The first-order chi connectivity index (χ1) is 5.97. The Morgan fingerprint density at radius 1 is 1.31 bits per heavy atom. The van der Waals surface area contributed by atoms with E-state index in [1.54, 1.807) is 0 Å². The molecule has 0 amide bonds. The van der Waals surface area contributed by atoms with Crippen molar-refractivity contribution < 1.29 is 4.74 Å². The van der Waals surface area contributed by atoms with Gasteiger partial charge < -0.3 is 4.74 Å².